The van der Waals surface area contributed by atoms with Crippen LogP contribution in [0.2, 0.25) is 0 Å². The van der Waals surface area contributed by atoms with E-state index in [4.69, 9.17) is 4.42 Å². The van der Waals surface area contributed by atoms with Crippen LogP contribution in [0.1, 0.15) is 0 Å². The molecule has 389 valence electrons. The number of rotatable bonds is 4. The van der Waals surface area contributed by atoms with Crippen molar-refractivity contribution in [2.24, 2.45) is 0 Å². The number of benzene rings is 9. The first-order valence-electron chi connectivity index (χ1n) is 23.2. The summed E-state index contributed by atoms with van der Waals surface area (Å²) in [5.74, 6) is 0.622. The average Bonchev–Trinajstić information content (AvgIpc) is 4.13. The van der Waals surface area contributed by atoms with Gasteiger partial charge >= 0.3 is 0 Å². The number of fused-ring (bicyclic) bond motifs is 6. The van der Waals surface area contributed by atoms with Crippen molar-refractivity contribution in [1.82, 2.24) is 24.9 Å². The van der Waals surface area contributed by atoms with Crippen LogP contribution >= 0.6 is 11.3 Å². The van der Waals surface area contributed by atoms with Crippen molar-refractivity contribution in [3.63, 3.8) is 0 Å². The number of nitrogens with zero attached hydrogens (tertiary/aromatic N) is 5. The molecule has 0 aliphatic carbocycles. The molecular formula is C65H42Ir5N5OS-5. The number of pyridine rings is 3. The van der Waals surface area contributed by atoms with Crippen LogP contribution in [0.5, 0.6) is 0 Å². The zero-order valence-corrected chi connectivity index (χ0v) is 53.3. The summed E-state index contributed by atoms with van der Waals surface area (Å²) in [5, 5.41) is 6.89. The summed E-state index contributed by atoms with van der Waals surface area (Å²) in [4.78, 5) is 22.0. The molecule has 0 saturated heterocycles. The molecule has 77 heavy (non-hydrogen) atoms. The van der Waals surface area contributed by atoms with Crippen molar-refractivity contribution in [2.45, 2.75) is 0 Å². The van der Waals surface area contributed by atoms with Crippen molar-refractivity contribution in [3.8, 4) is 44.5 Å². The van der Waals surface area contributed by atoms with Crippen LogP contribution in [-0.4, -0.2) is 24.9 Å². The third kappa shape index (κ3) is 16.4. The normalized spacial score (nSPS) is 9.82. The van der Waals surface area contributed by atoms with Gasteiger partial charge in [-0.15, -0.1) is 173 Å². The van der Waals surface area contributed by atoms with Crippen LogP contribution in [0.25, 0.3) is 98.3 Å². The molecule has 0 saturated carbocycles. The fraction of sp³-hybridized carbons (Fsp3) is 0. The van der Waals surface area contributed by atoms with Crippen molar-refractivity contribution in [2.75, 3.05) is 0 Å². The number of aromatic nitrogens is 5. The van der Waals surface area contributed by atoms with Crippen LogP contribution in [0.15, 0.2) is 260 Å². The Morgan fingerprint density at radius 3 is 1.62 bits per heavy atom. The van der Waals surface area contributed by atoms with Gasteiger partial charge in [-0.25, -0.2) is 0 Å². The Kier molecular flexibility index (Phi) is 25.5. The van der Waals surface area contributed by atoms with E-state index in [9.17, 15) is 0 Å². The van der Waals surface area contributed by atoms with Crippen molar-refractivity contribution < 1.29 is 105 Å². The molecule has 9 aromatic carbocycles. The molecule has 5 heterocycles. The molecule has 5 radical (unpaired) electrons. The Balaban J connectivity index is 0.000000175. The monoisotopic (exact) mass is 1910 g/mol. The number of thiazole rings is 1. The van der Waals surface area contributed by atoms with Crippen LogP contribution in [0, 0.1) is 30.3 Å². The first-order valence-corrected chi connectivity index (χ1v) is 24.0. The quantitative estimate of drug-likeness (QED) is 0.129. The van der Waals surface area contributed by atoms with Gasteiger partial charge < -0.3 is 19.4 Å². The van der Waals surface area contributed by atoms with Gasteiger partial charge in [-0.2, -0.15) is 11.3 Å². The molecule has 0 amide bonds. The van der Waals surface area contributed by atoms with E-state index in [1.54, 1.807) is 17.5 Å². The summed E-state index contributed by atoms with van der Waals surface area (Å²) < 4.78 is 6.84. The molecule has 5 aromatic heterocycles. The average molecular weight is 1900 g/mol. The number of para-hydroxylation sites is 3. The second-order valence-electron chi connectivity index (χ2n) is 15.9. The molecule has 6 nitrogen and oxygen atoms in total. The van der Waals surface area contributed by atoms with Gasteiger partial charge in [-0.3, -0.25) is 9.97 Å². The predicted molar refractivity (Wildman–Crippen MR) is 295 cm³/mol. The van der Waals surface area contributed by atoms with Crippen molar-refractivity contribution in [1.29, 1.82) is 0 Å². The van der Waals surface area contributed by atoms with Crippen LogP contribution in [0.3, 0.4) is 0 Å². The number of oxazole rings is 1. The summed E-state index contributed by atoms with van der Waals surface area (Å²) in [7, 11) is 0. The predicted octanol–water partition coefficient (Wildman–Crippen LogP) is 16.5. The topological polar surface area (TPSA) is 77.6 Å². The Labute approximate surface area is 519 Å². The van der Waals surface area contributed by atoms with E-state index in [0.29, 0.717) is 5.89 Å². The van der Waals surface area contributed by atoms with Gasteiger partial charge in [0, 0.05) is 129 Å². The van der Waals surface area contributed by atoms with Gasteiger partial charge in [-0.1, -0.05) is 84.4 Å². The van der Waals surface area contributed by atoms with Gasteiger partial charge in [0.1, 0.15) is 11.5 Å². The minimum atomic E-state index is 0. The Hall–Kier alpha value is -6.18. The van der Waals surface area contributed by atoms with E-state index in [1.165, 1.54) is 26.2 Å². The zero-order chi connectivity index (χ0) is 48.6. The van der Waals surface area contributed by atoms with Gasteiger partial charge in [0.05, 0.1) is 11.0 Å². The molecule has 0 bridgehead atoms. The fourth-order valence-electron chi connectivity index (χ4n) is 7.71. The van der Waals surface area contributed by atoms with Gasteiger partial charge in [0.2, 0.25) is 0 Å². The van der Waals surface area contributed by atoms with E-state index in [0.717, 1.165) is 66.2 Å². The van der Waals surface area contributed by atoms with E-state index >= 15 is 0 Å². The molecule has 14 aromatic rings. The Morgan fingerprint density at radius 2 is 0.935 bits per heavy atom. The fourth-order valence-corrected chi connectivity index (χ4v) is 8.67. The molecule has 0 atom stereocenters. The van der Waals surface area contributed by atoms with E-state index < -0.39 is 0 Å². The zero-order valence-electron chi connectivity index (χ0n) is 40.5. The van der Waals surface area contributed by atoms with Crippen LogP contribution in [-0.2, 0) is 101 Å². The molecule has 0 fully saturated rings. The SMILES string of the molecule is [Ir].[Ir].[Ir].[Ir].[Ir].[c-]1cccc2ccc3cccnc3c12.[c-]1ccccc1-c1ccccn1.[c-]1ccccc1-c1nc2ccccc2o1.[c-]1ccccc1-c1nc2ccccc2s1.[c-]1ccccc1-c1nccc2ccccc12. The summed E-state index contributed by atoms with van der Waals surface area (Å²) in [5.41, 5.74) is 9.79. The minimum Gasteiger partial charge on any atom is -0.481 e. The summed E-state index contributed by atoms with van der Waals surface area (Å²) in [6.07, 6.45) is 5.46. The maximum atomic E-state index is 5.61. The molecule has 0 aliphatic heterocycles. The smallest absolute Gasteiger partial charge is 0.141 e. The Morgan fingerprint density at radius 1 is 0.364 bits per heavy atom. The third-order valence-electron chi connectivity index (χ3n) is 11.2. The second-order valence-corrected chi connectivity index (χ2v) is 17.0. The van der Waals surface area contributed by atoms with Crippen molar-refractivity contribution in [3.05, 3.63) is 286 Å². The van der Waals surface area contributed by atoms with Gasteiger partial charge in [0.15, 0.2) is 0 Å². The molecule has 0 unspecified atom stereocenters. The molecule has 0 N–H and O–H groups in total. The van der Waals surface area contributed by atoms with E-state index in [2.05, 4.69) is 97.7 Å². The van der Waals surface area contributed by atoms with Gasteiger partial charge in [-0.05, 0) is 75.5 Å². The summed E-state index contributed by atoms with van der Waals surface area (Å²) in [6.45, 7) is 0. The van der Waals surface area contributed by atoms with Gasteiger partial charge in [0.25, 0.3) is 0 Å². The first-order chi connectivity index (χ1) is 35.7. The standard InChI is InChI=1S/C15H10N.C13H8NO.C13H8NS.C13H8N.C11H8N.5Ir/c1-2-7-13(8-3-1)15-14-9-5-4-6-12(14)10-11-16-15;2*1-2-6-10(7-3-1)13-14-11-8-4-5-9-12(11)15-13;1-2-6-12-10(4-1)7-8-11-5-3-9-14-13(11)12;1-2-6-10(7-3-1)11-8-4-5-9-12-11;;;;;/h1-7,9-11H;2*1-6,8-9H;1-5,7-9H;1-6,8-9H;;;;;/q5*-1;;;;;. The second kappa shape index (κ2) is 31.9. The van der Waals surface area contributed by atoms with E-state index in [1.807, 2.05) is 207 Å². The molecular weight excluding hydrogens is 1860 g/mol. The number of hydrogen-bond donors (Lipinski definition) is 0. The maximum absolute atomic E-state index is 5.61. The summed E-state index contributed by atoms with van der Waals surface area (Å²) >= 11 is 1.71. The molecule has 12 heteroatoms. The number of hydrogen-bond acceptors (Lipinski definition) is 7. The Bertz CT molecular complexity index is 3680. The van der Waals surface area contributed by atoms with Crippen LogP contribution in [0.4, 0.5) is 0 Å². The maximum Gasteiger partial charge on any atom is 0.141 e. The molecule has 0 spiro atoms. The first kappa shape index (κ1) is 61.7. The summed E-state index contributed by atoms with van der Waals surface area (Å²) in [6, 6.07) is 93.5. The van der Waals surface area contributed by atoms with E-state index in [-0.39, 0.29) is 101 Å². The largest absolute Gasteiger partial charge is 0.481 e. The molecule has 0 aliphatic rings. The molecule has 14 rings (SSSR count). The van der Waals surface area contributed by atoms with Crippen molar-refractivity contribution >= 4 is 65.1 Å². The van der Waals surface area contributed by atoms with Crippen LogP contribution < -0.4 is 0 Å². The minimum absolute atomic E-state index is 0. The third-order valence-corrected chi connectivity index (χ3v) is 12.2.